The minimum absolute atomic E-state index is 0.131. The van der Waals surface area contributed by atoms with E-state index in [4.69, 9.17) is 4.74 Å². The second kappa shape index (κ2) is 11.6. The topological polar surface area (TPSA) is 75.7 Å². The minimum Gasteiger partial charge on any atom is -0.487 e. The standard InChI is InChI=1S/C33H34N2O4S/c1-3-33(4-2)23-30(29-17-11-12-18-31(29)39-33)34-32(36)26-21-19-25(20-22-26)24-35(27-13-7-5-8-14-27)40(37,38)28-15-9-6-10-16-28/h5-22,30H,3-4,23-24H2,1-2H3,(H,34,36)/t30-/m1/s1. The van der Waals surface area contributed by atoms with Crippen LogP contribution in [0.2, 0.25) is 0 Å². The fraction of sp³-hybridized carbons (Fsp3) is 0.242. The maximum Gasteiger partial charge on any atom is 0.264 e. The number of rotatable bonds is 9. The van der Waals surface area contributed by atoms with E-state index in [9.17, 15) is 13.2 Å². The Kier molecular flexibility index (Phi) is 7.94. The van der Waals surface area contributed by atoms with Crippen LogP contribution in [0.5, 0.6) is 5.75 Å². The van der Waals surface area contributed by atoms with E-state index < -0.39 is 10.0 Å². The number of para-hydroxylation sites is 2. The normalized spacial score (nSPS) is 15.9. The Morgan fingerprint density at radius 1 is 0.850 bits per heavy atom. The van der Waals surface area contributed by atoms with Gasteiger partial charge in [0.2, 0.25) is 0 Å². The third-order valence-electron chi connectivity index (χ3n) is 7.71. The highest BCUT2D eigenvalue weighted by Crippen LogP contribution is 2.42. The fourth-order valence-electron chi connectivity index (χ4n) is 5.23. The first-order valence-electron chi connectivity index (χ1n) is 13.7. The third kappa shape index (κ3) is 5.61. The van der Waals surface area contributed by atoms with Gasteiger partial charge in [0.25, 0.3) is 15.9 Å². The number of nitrogens with one attached hydrogen (secondary N) is 1. The van der Waals surface area contributed by atoms with Crippen molar-refractivity contribution in [1.82, 2.24) is 5.32 Å². The summed E-state index contributed by atoms with van der Waals surface area (Å²) < 4.78 is 34.9. The van der Waals surface area contributed by atoms with E-state index in [2.05, 4.69) is 19.2 Å². The van der Waals surface area contributed by atoms with E-state index in [-0.39, 0.29) is 29.0 Å². The molecule has 0 saturated carbocycles. The van der Waals surface area contributed by atoms with Crippen molar-refractivity contribution in [3.8, 4) is 5.75 Å². The zero-order valence-corrected chi connectivity index (χ0v) is 23.6. The van der Waals surface area contributed by atoms with Crippen LogP contribution in [0.3, 0.4) is 0 Å². The predicted octanol–water partition coefficient (Wildman–Crippen LogP) is 6.89. The van der Waals surface area contributed by atoms with Gasteiger partial charge in [0, 0.05) is 17.5 Å². The quantitative estimate of drug-likeness (QED) is 0.244. The molecule has 4 aromatic carbocycles. The van der Waals surface area contributed by atoms with Crippen LogP contribution in [0.4, 0.5) is 5.69 Å². The molecule has 0 aromatic heterocycles. The highest BCUT2D eigenvalue weighted by Gasteiger charge is 2.39. The van der Waals surface area contributed by atoms with Crippen LogP contribution in [0.15, 0.2) is 114 Å². The van der Waals surface area contributed by atoms with Gasteiger partial charge < -0.3 is 10.1 Å². The summed E-state index contributed by atoms with van der Waals surface area (Å²) in [6.07, 6.45) is 2.40. The molecule has 5 rings (SSSR count). The number of hydrogen-bond donors (Lipinski definition) is 1. The SMILES string of the molecule is CCC1(CC)C[C@@H](NC(=O)c2ccc(CN(c3ccccc3)S(=O)(=O)c3ccccc3)cc2)c2ccccc2O1. The molecule has 0 unspecified atom stereocenters. The molecular weight excluding hydrogens is 520 g/mol. The Balaban J connectivity index is 1.37. The minimum atomic E-state index is -3.80. The molecule has 1 atom stereocenters. The summed E-state index contributed by atoms with van der Waals surface area (Å²) in [6, 6.07) is 32.3. The average molecular weight is 555 g/mol. The molecule has 0 aliphatic carbocycles. The molecule has 0 spiro atoms. The summed E-state index contributed by atoms with van der Waals surface area (Å²) in [5.74, 6) is 0.643. The van der Waals surface area contributed by atoms with Gasteiger partial charge in [0.05, 0.1) is 23.2 Å². The van der Waals surface area contributed by atoms with E-state index >= 15 is 0 Å². The van der Waals surface area contributed by atoms with E-state index in [0.29, 0.717) is 17.7 Å². The second-order valence-electron chi connectivity index (χ2n) is 10.1. The molecule has 1 aliphatic rings. The van der Waals surface area contributed by atoms with Gasteiger partial charge in [-0.25, -0.2) is 8.42 Å². The Morgan fingerprint density at radius 3 is 2.10 bits per heavy atom. The molecule has 6 nitrogen and oxygen atoms in total. The molecule has 206 valence electrons. The van der Waals surface area contributed by atoms with Gasteiger partial charge in [-0.1, -0.05) is 80.6 Å². The van der Waals surface area contributed by atoms with Gasteiger partial charge in [-0.2, -0.15) is 0 Å². The van der Waals surface area contributed by atoms with Gasteiger partial charge >= 0.3 is 0 Å². The van der Waals surface area contributed by atoms with Gasteiger partial charge in [0.1, 0.15) is 11.4 Å². The first-order chi connectivity index (χ1) is 19.3. The van der Waals surface area contributed by atoms with Crippen LogP contribution < -0.4 is 14.4 Å². The van der Waals surface area contributed by atoms with E-state index in [1.54, 1.807) is 54.6 Å². The van der Waals surface area contributed by atoms with E-state index in [0.717, 1.165) is 29.7 Å². The van der Waals surface area contributed by atoms with Crippen LogP contribution >= 0.6 is 0 Å². The van der Waals surface area contributed by atoms with E-state index in [1.165, 1.54) is 4.31 Å². The number of fused-ring (bicyclic) bond motifs is 1. The lowest BCUT2D eigenvalue weighted by atomic mass is 9.83. The summed E-state index contributed by atoms with van der Waals surface area (Å²) in [4.78, 5) is 13.6. The van der Waals surface area contributed by atoms with Crippen molar-refractivity contribution in [2.75, 3.05) is 4.31 Å². The lowest BCUT2D eigenvalue weighted by molar-refractivity contribution is 0.0227. The van der Waals surface area contributed by atoms with Gasteiger partial charge in [-0.15, -0.1) is 0 Å². The van der Waals surface area contributed by atoms with Crippen molar-refractivity contribution in [3.05, 3.63) is 126 Å². The Morgan fingerprint density at radius 2 is 1.45 bits per heavy atom. The molecule has 40 heavy (non-hydrogen) atoms. The number of nitrogens with zero attached hydrogens (tertiary/aromatic N) is 1. The molecule has 0 fully saturated rings. The number of hydrogen-bond acceptors (Lipinski definition) is 4. The molecule has 0 radical (unpaired) electrons. The Bertz CT molecular complexity index is 1550. The zero-order chi connectivity index (χ0) is 28.2. The highest BCUT2D eigenvalue weighted by molar-refractivity contribution is 7.92. The van der Waals surface area contributed by atoms with Crippen molar-refractivity contribution in [2.45, 2.75) is 56.2 Å². The summed E-state index contributed by atoms with van der Waals surface area (Å²) in [5, 5.41) is 3.22. The van der Waals surface area contributed by atoms with Gasteiger partial charge in [0.15, 0.2) is 0 Å². The second-order valence-corrected chi connectivity index (χ2v) is 12.0. The Labute approximate surface area is 236 Å². The fourth-order valence-corrected chi connectivity index (χ4v) is 6.70. The zero-order valence-electron chi connectivity index (χ0n) is 22.8. The number of sulfonamides is 1. The van der Waals surface area contributed by atoms with Crippen molar-refractivity contribution >= 4 is 21.6 Å². The summed E-state index contributed by atoms with van der Waals surface area (Å²) in [5.41, 5.74) is 2.52. The molecule has 1 aliphatic heterocycles. The van der Waals surface area contributed by atoms with Gasteiger partial charge in [-0.3, -0.25) is 9.10 Å². The van der Waals surface area contributed by atoms with Gasteiger partial charge in [-0.05, 0) is 60.9 Å². The maximum absolute atomic E-state index is 13.6. The average Bonchev–Trinajstić information content (AvgIpc) is 3.00. The van der Waals surface area contributed by atoms with Crippen LogP contribution in [0.1, 0.15) is 60.6 Å². The number of amides is 1. The lowest BCUT2D eigenvalue weighted by Gasteiger charge is -2.41. The molecule has 0 saturated heterocycles. The maximum atomic E-state index is 13.6. The summed E-state index contributed by atoms with van der Waals surface area (Å²) >= 11 is 0. The van der Waals surface area contributed by atoms with Crippen LogP contribution in [-0.4, -0.2) is 19.9 Å². The first-order valence-corrected chi connectivity index (χ1v) is 15.1. The molecule has 0 bridgehead atoms. The van der Waals surface area contributed by atoms with E-state index in [1.807, 2.05) is 54.6 Å². The monoisotopic (exact) mass is 554 g/mol. The van der Waals surface area contributed by atoms with Crippen molar-refractivity contribution in [3.63, 3.8) is 0 Å². The molecular formula is C33H34N2O4S. The first kappa shape index (κ1) is 27.5. The molecule has 1 heterocycles. The largest absolute Gasteiger partial charge is 0.487 e. The smallest absolute Gasteiger partial charge is 0.264 e. The Hall–Kier alpha value is -4.10. The van der Waals surface area contributed by atoms with Crippen molar-refractivity contribution < 1.29 is 17.9 Å². The lowest BCUT2D eigenvalue weighted by Crippen LogP contribution is -2.44. The molecule has 7 heteroatoms. The molecule has 1 amide bonds. The van der Waals surface area contributed by atoms with Crippen LogP contribution in [-0.2, 0) is 16.6 Å². The van der Waals surface area contributed by atoms with Crippen LogP contribution in [0, 0.1) is 0 Å². The highest BCUT2D eigenvalue weighted by atomic mass is 32.2. The number of benzene rings is 4. The number of carbonyl (C=O) groups is 1. The third-order valence-corrected chi connectivity index (χ3v) is 9.50. The molecule has 1 N–H and O–H groups in total. The van der Waals surface area contributed by atoms with Crippen molar-refractivity contribution in [2.24, 2.45) is 0 Å². The van der Waals surface area contributed by atoms with Crippen molar-refractivity contribution in [1.29, 1.82) is 0 Å². The summed E-state index contributed by atoms with van der Waals surface area (Å²) in [6.45, 7) is 4.36. The molecule has 4 aromatic rings. The predicted molar refractivity (Wildman–Crippen MR) is 158 cm³/mol. The number of carbonyl (C=O) groups excluding carboxylic acids is 1. The van der Waals surface area contributed by atoms with Crippen LogP contribution in [0.25, 0.3) is 0 Å². The number of anilines is 1. The summed E-state index contributed by atoms with van der Waals surface area (Å²) in [7, 11) is -3.80. The number of ether oxygens (including phenoxy) is 1.